The molecule has 0 saturated heterocycles. The minimum absolute atomic E-state index is 0.179. The lowest BCUT2D eigenvalue weighted by atomic mass is 9.97. The zero-order valence-electron chi connectivity index (χ0n) is 25.1. The van der Waals surface area contributed by atoms with Crippen molar-refractivity contribution in [2.45, 2.75) is 19.1 Å². The van der Waals surface area contributed by atoms with Gasteiger partial charge in [0, 0.05) is 43.4 Å². The maximum Gasteiger partial charge on any atom is 0.490 e. The lowest BCUT2D eigenvalue weighted by Gasteiger charge is -2.22. The summed E-state index contributed by atoms with van der Waals surface area (Å²) >= 11 is 0. The highest BCUT2D eigenvalue weighted by Crippen LogP contribution is 2.25. The van der Waals surface area contributed by atoms with Crippen LogP contribution in [0.4, 0.5) is 17.6 Å². The second-order valence-electron chi connectivity index (χ2n) is 10.1. The lowest BCUT2D eigenvalue weighted by Crippen LogP contribution is -2.31. The van der Waals surface area contributed by atoms with Crippen molar-refractivity contribution in [2.24, 2.45) is 5.73 Å². The van der Waals surface area contributed by atoms with Gasteiger partial charge in [-0.15, -0.1) is 0 Å². The summed E-state index contributed by atoms with van der Waals surface area (Å²) in [5, 5.41) is 19.5. The molecule has 0 radical (unpaired) electrons. The molecule has 0 spiro atoms. The summed E-state index contributed by atoms with van der Waals surface area (Å²) in [5.41, 5.74) is 9.90. The number of alkyl halides is 3. The molecule has 0 unspecified atom stereocenters. The van der Waals surface area contributed by atoms with Crippen LogP contribution in [0.1, 0.15) is 27.0 Å². The summed E-state index contributed by atoms with van der Waals surface area (Å²) < 4.78 is 45.9. The van der Waals surface area contributed by atoms with Crippen molar-refractivity contribution in [3.63, 3.8) is 0 Å². The van der Waals surface area contributed by atoms with Crippen LogP contribution in [0.2, 0.25) is 0 Å². The molecule has 0 aliphatic rings. The van der Waals surface area contributed by atoms with Gasteiger partial charge in [0.2, 0.25) is 5.91 Å². The van der Waals surface area contributed by atoms with Crippen molar-refractivity contribution in [1.82, 2.24) is 10.2 Å². The maximum absolute atomic E-state index is 14.1. The second kappa shape index (κ2) is 17.3. The highest BCUT2D eigenvalue weighted by Gasteiger charge is 2.38. The first-order chi connectivity index (χ1) is 22.4. The number of halogens is 4. The van der Waals surface area contributed by atoms with E-state index in [4.69, 9.17) is 15.6 Å². The first-order valence-electron chi connectivity index (χ1n) is 14.3. The van der Waals surface area contributed by atoms with Crippen molar-refractivity contribution in [1.29, 1.82) is 0 Å². The van der Waals surface area contributed by atoms with Gasteiger partial charge in [-0.2, -0.15) is 13.2 Å². The number of nitrogens with two attached hydrogens (primary N) is 1. The lowest BCUT2D eigenvalue weighted by molar-refractivity contribution is -0.192. The average Bonchev–Trinajstić information content (AvgIpc) is 3.05. The Morgan fingerprint density at radius 2 is 1.53 bits per heavy atom. The number of phenols is 1. The minimum atomic E-state index is -5.08. The topological polar surface area (TPSA) is 133 Å². The molecule has 47 heavy (non-hydrogen) atoms. The largest absolute Gasteiger partial charge is 0.508 e. The number of amides is 2. The Morgan fingerprint density at radius 3 is 2.19 bits per heavy atom. The molecule has 0 saturated carbocycles. The third-order valence-electron chi connectivity index (χ3n) is 6.68. The number of carboxylic acid groups (broad SMARTS) is 1. The highest BCUT2D eigenvalue weighted by atomic mass is 19.4. The van der Waals surface area contributed by atoms with Crippen LogP contribution < -0.4 is 11.1 Å². The summed E-state index contributed by atoms with van der Waals surface area (Å²) in [4.78, 5) is 36.6. The van der Waals surface area contributed by atoms with Crippen LogP contribution in [0, 0.1) is 5.82 Å². The van der Waals surface area contributed by atoms with E-state index in [1.54, 1.807) is 41.3 Å². The molecule has 0 bridgehead atoms. The van der Waals surface area contributed by atoms with Crippen LogP contribution in [-0.2, 0) is 22.6 Å². The van der Waals surface area contributed by atoms with E-state index in [2.05, 4.69) is 5.32 Å². The van der Waals surface area contributed by atoms with Gasteiger partial charge in [-0.25, -0.2) is 9.18 Å². The second-order valence-corrected chi connectivity index (χ2v) is 10.1. The number of carboxylic acids is 1. The smallest absolute Gasteiger partial charge is 0.490 e. The van der Waals surface area contributed by atoms with Crippen LogP contribution in [0.5, 0.6) is 5.75 Å². The molecule has 2 amide bonds. The Balaban J connectivity index is 0.000000771. The van der Waals surface area contributed by atoms with Crippen molar-refractivity contribution >= 4 is 23.9 Å². The quantitative estimate of drug-likeness (QED) is 0.120. The molecule has 8 nitrogen and oxygen atoms in total. The van der Waals surface area contributed by atoms with Crippen molar-refractivity contribution < 1.29 is 42.2 Å². The van der Waals surface area contributed by atoms with E-state index >= 15 is 0 Å². The molecule has 246 valence electrons. The fraction of sp³-hybridized carbons (Fsp3) is 0.171. The zero-order valence-corrected chi connectivity index (χ0v) is 25.1. The predicted molar refractivity (Wildman–Crippen MR) is 170 cm³/mol. The van der Waals surface area contributed by atoms with Gasteiger partial charge in [-0.05, 0) is 65.1 Å². The Labute approximate surface area is 268 Å². The fourth-order valence-electron chi connectivity index (χ4n) is 4.34. The highest BCUT2D eigenvalue weighted by molar-refractivity contribution is 6.01. The van der Waals surface area contributed by atoms with Crippen LogP contribution >= 0.6 is 0 Å². The third-order valence-corrected chi connectivity index (χ3v) is 6.68. The SMILES string of the molecule is NCCNC(=O)c1ccccc1-c1cccc(CN(CCc2ccc(O)cc2)C(=O)C=Cc2ccccc2F)c1.O=C(O)C(F)(F)F. The zero-order chi connectivity index (χ0) is 34.4. The number of rotatable bonds is 11. The molecular formula is C35H33F4N3O5. The number of aromatic hydroxyl groups is 1. The van der Waals surface area contributed by atoms with E-state index in [0.29, 0.717) is 43.7 Å². The summed E-state index contributed by atoms with van der Waals surface area (Å²) in [6.45, 7) is 1.45. The average molecular weight is 652 g/mol. The van der Waals surface area contributed by atoms with Crippen molar-refractivity contribution in [3.05, 3.63) is 131 Å². The monoisotopic (exact) mass is 651 g/mol. The predicted octanol–water partition coefficient (Wildman–Crippen LogP) is 5.80. The summed E-state index contributed by atoms with van der Waals surface area (Å²) in [6.07, 6.45) is -1.64. The Kier molecular flexibility index (Phi) is 13.2. The van der Waals surface area contributed by atoms with E-state index in [9.17, 15) is 32.3 Å². The molecule has 0 aromatic heterocycles. The number of nitrogens with zero attached hydrogens (tertiary/aromatic N) is 1. The van der Waals surface area contributed by atoms with E-state index in [-0.39, 0.29) is 17.6 Å². The van der Waals surface area contributed by atoms with Crippen LogP contribution in [0.25, 0.3) is 17.2 Å². The first kappa shape index (κ1) is 36.0. The molecule has 4 aromatic rings. The summed E-state index contributed by atoms with van der Waals surface area (Å²) in [5.74, 6) is -3.43. The molecular weight excluding hydrogens is 618 g/mol. The van der Waals surface area contributed by atoms with Gasteiger partial charge in [0.25, 0.3) is 5.91 Å². The van der Waals surface area contributed by atoms with Gasteiger partial charge >= 0.3 is 12.1 Å². The number of nitrogens with one attached hydrogen (secondary N) is 1. The Morgan fingerprint density at radius 1 is 0.872 bits per heavy atom. The van der Waals surface area contributed by atoms with Gasteiger partial charge in [-0.3, -0.25) is 9.59 Å². The standard InChI is InChI=1S/C33H32FN3O3.C2HF3O2/c34-31-11-4-1-7-26(31)14-17-32(39)37(21-18-24-12-15-28(38)16-13-24)23-25-6-5-8-27(22-25)29-9-2-3-10-30(29)33(40)36-20-19-35;3-2(4,5)1(6)7/h1-17,22,38H,18-21,23,35H2,(H,36,40);(H,6,7). The minimum Gasteiger partial charge on any atom is -0.508 e. The summed E-state index contributed by atoms with van der Waals surface area (Å²) in [7, 11) is 0. The molecule has 0 aliphatic heterocycles. The maximum atomic E-state index is 14.1. The van der Waals surface area contributed by atoms with E-state index in [0.717, 1.165) is 22.3 Å². The Bertz CT molecular complexity index is 1690. The molecule has 12 heteroatoms. The van der Waals surface area contributed by atoms with E-state index in [1.807, 2.05) is 54.6 Å². The number of phenolic OH excluding ortho intramolecular Hbond substituents is 1. The van der Waals surface area contributed by atoms with E-state index < -0.39 is 18.0 Å². The summed E-state index contributed by atoms with van der Waals surface area (Å²) in [6, 6.07) is 28.2. The fourth-order valence-corrected chi connectivity index (χ4v) is 4.34. The number of carbonyl (C=O) groups excluding carboxylic acids is 2. The number of carbonyl (C=O) groups is 3. The van der Waals surface area contributed by atoms with Gasteiger partial charge in [-0.1, -0.05) is 66.7 Å². The molecule has 0 aliphatic carbocycles. The first-order valence-corrected chi connectivity index (χ1v) is 14.3. The number of hydrogen-bond donors (Lipinski definition) is 4. The van der Waals surface area contributed by atoms with Gasteiger partial charge in [0.05, 0.1) is 0 Å². The number of benzene rings is 4. The molecule has 0 heterocycles. The van der Waals surface area contributed by atoms with Crippen LogP contribution in [0.3, 0.4) is 0 Å². The molecule has 0 fully saturated rings. The molecule has 0 atom stereocenters. The molecule has 4 aromatic carbocycles. The molecule has 5 N–H and O–H groups in total. The van der Waals surface area contributed by atoms with E-state index in [1.165, 1.54) is 18.2 Å². The Hall–Kier alpha value is -5.49. The number of aliphatic carboxylic acids is 1. The molecule has 4 rings (SSSR count). The van der Waals surface area contributed by atoms with Crippen LogP contribution in [0.15, 0.2) is 103 Å². The van der Waals surface area contributed by atoms with Gasteiger partial charge in [0.15, 0.2) is 0 Å². The van der Waals surface area contributed by atoms with Crippen LogP contribution in [-0.4, -0.2) is 58.7 Å². The van der Waals surface area contributed by atoms with Crippen molar-refractivity contribution in [2.75, 3.05) is 19.6 Å². The normalized spacial score (nSPS) is 11.0. The van der Waals surface area contributed by atoms with Crippen molar-refractivity contribution in [3.8, 4) is 16.9 Å². The van der Waals surface area contributed by atoms with Gasteiger partial charge in [0.1, 0.15) is 11.6 Å². The van der Waals surface area contributed by atoms with Gasteiger partial charge < -0.3 is 26.2 Å². The number of hydrogen-bond acceptors (Lipinski definition) is 5. The third kappa shape index (κ3) is 11.4.